The zero-order valence-corrected chi connectivity index (χ0v) is 22.3. The predicted molar refractivity (Wildman–Crippen MR) is 153 cm³/mol. The van der Waals surface area contributed by atoms with Crippen LogP contribution in [0.4, 0.5) is 10.5 Å². The Morgan fingerprint density at radius 3 is 2.23 bits per heavy atom. The Morgan fingerprint density at radius 2 is 1.54 bits per heavy atom. The molecule has 0 bridgehead atoms. The monoisotopic (exact) mass is 539 g/mol. The first-order valence-corrected chi connectivity index (χ1v) is 12.6. The number of amides is 2. The van der Waals surface area contributed by atoms with E-state index in [0.717, 1.165) is 0 Å². The maximum atomic E-state index is 13.6. The largest absolute Gasteiger partial charge is 0.457 e. The zero-order chi connectivity index (χ0) is 27.7. The first kappa shape index (κ1) is 25.9. The average molecular weight is 540 g/mol. The molecule has 39 heavy (non-hydrogen) atoms. The van der Waals surface area contributed by atoms with Gasteiger partial charge in [-0.1, -0.05) is 36.4 Å². The van der Waals surface area contributed by atoms with Crippen molar-refractivity contribution in [3.05, 3.63) is 96.2 Å². The van der Waals surface area contributed by atoms with Crippen LogP contribution >= 0.6 is 12.2 Å². The number of thiocarbonyl (C=S) groups is 1. The van der Waals surface area contributed by atoms with Gasteiger partial charge in [-0.2, -0.15) is 0 Å². The van der Waals surface area contributed by atoms with E-state index in [1.54, 1.807) is 63.4 Å². The summed E-state index contributed by atoms with van der Waals surface area (Å²) < 4.78 is 12.7. The number of nitrogens with zero attached hydrogens (tertiary/aromatic N) is 2. The molecule has 2 heterocycles. The molecule has 1 N–H and O–H groups in total. The molecule has 1 saturated heterocycles. The zero-order valence-electron chi connectivity index (χ0n) is 21.5. The fraction of sp³-hybridized carbons (Fsp3) is 0.133. The normalized spacial score (nSPS) is 15.0. The molecule has 0 spiro atoms. The van der Waals surface area contributed by atoms with Crippen LogP contribution in [-0.2, 0) is 14.3 Å². The lowest BCUT2D eigenvalue weighted by Gasteiger charge is -2.29. The van der Waals surface area contributed by atoms with Gasteiger partial charge in [-0.05, 0) is 81.5 Å². The van der Waals surface area contributed by atoms with Crippen LogP contribution in [0.5, 0.6) is 11.5 Å². The second-order valence-electron chi connectivity index (χ2n) is 9.82. The van der Waals surface area contributed by atoms with Crippen LogP contribution in [0.15, 0.2) is 90.6 Å². The number of benzene rings is 3. The standard InChI is InChI=1S/C30H25N3O5S/c1-30(2,3)38-29(36)32-18-19(23-11-7-8-12-25(23)32)17-24-26(34)31-28(39)33(27(24)35)20-13-15-22(16-14-20)37-21-9-5-4-6-10-21/h4-18H,1-3H3,(H,31,34,39). The van der Waals surface area contributed by atoms with Gasteiger partial charge in [-0.3, -0.25) is 24.4 Å². The maximum absolute atomic E-state index is 13.6. The molecule has 1 aliphatic heterocycles. The quantitative estimate of drug-likeness (QED) is 0.193. The number of carbonyl (C=O) groups excluding carboxylic acids is 3. The molecular formula is C30H25N3O5S. The number of nitrogens with one attached hydrogen (secondary N) is 1. The summed E-state index contributed by atoms with van der Waals surface area (Å²) in [6, 6.07) is 23.3. The van der Waals surface area contributed by atoms with Gasteiger partial charge in [0.15, 0.2) is 5.11 Å². The highest BCUT2D eigenvalue weighted by Gasteiger charge is 2.35. The van der Waals surface area contributed by atoms with Crippen LogP contribution in [-0.4, -0.2) is 33.2 Å². The third-order valence-corrected chi connectivity index (χ3v) is 6.09. The van der Waals surface area contributed by atoms with E-state index in [2.05, 4.69) is 5.32 Å². The van der Waals surface area contributed by atoms with Gasteiger partial charge in [0.2, 0.25) is 0 Å². The molecule has 0 radical (unpaired) electrons. The van der Waals surface area contributed by atoms with E-state index in [4.69, 9.17) is 21.7 Å². The Hall–Kier alpha value is -4.76. The molecule has 196 valence electrons. The number of fused-ring (bicyclic) bond motifs is 1. The van der Waals surface area contributed by atoms with Gasteiger partial charge in [-0.25, -0.2) is 4.79 Å². The Bertz CT molecular complexity index is 1630. The number of aromatic nitrogens is 1. The minimum atomic E-state index is -0.696. The van der Waals surface area contributed by atoms with Crippen molar-refractivity contribution in [3.63, 3.8) is 0 Å². The molecule has 8 nitrogen and oxygen atoms in total. The molecule has 1 aromatic heterocycles. The van der Waals surface area contributed by atoms with Crippen molar-refractivity contribution in [3.8, 4) is 11.5 Å². The molecule has 1 aliphatic rings. The number of hydrogen-bond acceptors (Lipinski definition) is 6. The molecule has 1 fully saturated rings. The molecule has 0 aliphatic carbocycles. The highest BCUT2D eigenvalue weighted by molar-refractivity contribution is 7.80. The van der Waals surface area contributed by atoms with Crippen molar-refractivity contribution in [1.82, 2.24) is 9.88 Å². The molecule has 4 aromatic rings. The molecule has 3 aromatic carbocycles. The van der Waals surface area contributed by atoms with E-state index < -0.39 is 23.5 Å². The van der Waals surface area contributed by atoms with Crippen molar-refractivity contribution >= 4 is 57.9 Å². The van der Waals surface area contributed by atoms with Gasteiger partial charge >= 0.3 is 6.09 Å². The first-order chi connectivity index (χ1) is 18.6. The molecule has 0 saturated carbocycles. The van der Waals surface area contributed by atoms with Crippen LogP contribution in [0.2, 0.25) is 0 Å². The maximum Gasteiger partial charge on any atom is 0.419 e. The lowest BCUT2D eigenvalue weighted by Crippen LogP contribution is -2.54. The van der Waals surface area contributed by atoms with E-state index in [0.29, 0.717) is 33.7 Å². The Labute approximate surface area is 230 Å². The fourth-order valence-corrected chi connectivity index (χ4v) is 4.40. The van der Waals surface area contributed by atoms with Crippen LogP contribution in [0.25, 0.3) is 17.0 Å². The topological polar surface area (TPSA) is 89.9 Å². The van der Waals surface area contributed by atoms with Crippen LogP contribution in [0.1, 0.15) is 26.3 Å². The second-order valence-corrected chi connectivity index (χ2v) is 10.2. The van der Waals surface area contributed by atoms with E-state index >= 15 is 0 Å². The summed E-state index contributed by atoms with van der Waals surface area (Å²) in [5.41, 5.74) is 0.740. The highest BCUT2D eigenvalue weighted by atomic mass is 32.1. The van der Waals surface area contributed by atoms with Crippen molar-refractivity contribution in [2.45, 2.75) is 26.4 Å². The molecule has 0 atom stereocenters. The fourth-order valence-electron chi connectivity index (χ4n) is 4.12. The van der Waals surface area contributed by atoms with Gasteiger partial charge in [0.1, 0.15) is 22.7 Å². The van der Waals surface area contributed by atoms with Gasteiger partial charge < -0.3 is 9.47 Å². The number of rotatable bonds is 4. The first-order valence-electron chi connectivity index (χ1n) is 12.2. The molecule has 9 heteroatoms. The van der Waals surface area contributed by atoms with Gasteiger partial charge in [0.05, 0.1) is 11.2 Å². The summed E-state index contributed by atoms with van der Waals surface area (Å²) in [7, 11) is 0. The predicted octanol–water partition coefficient (Wildman–Crippen LogP) is 6.05. The lowest BCUT2D eigenvalue weighted by atomic mass is 10.1. The van der Waals surface area contributed by atoms with Gasteiger partial charge in [0.25, 0.3) is 11.8 Å². The van der Waals surface area contributed by atoms with E-state index in [1.807, 2.05) is 42.5 Å². The minimum absolute atomic E-state index is 0.0324. The minimum Gasteiger partial charge on any atom is -0.457 e. The third kappa shape index (κ3) is 5.44. The summed E-state index contributed by atoms with van der Waals surface area (Å²) in [6.45, 7) is 5.34. The van der Waals surface area contributed by atoms with Gasteiger partial charge in [-0.15, -0.1) is 0 Å². The Kier molecular flexibility index (Phi) is 6.76. The summed E-state index contributed by atoms with van der Waals surface area (Å²) in [5, 5.41) is 3.24. The second kappa shape index (κ2) is 10.2. The smallest absolute Gasteiger partial charge is 0.419 e. The number of carbonyl (C=O) groups is 3. The van der Waals surface area contributed by atoms with Crippen molar-refractivity contribution in [1.29, 1.82) is 0 Å². The Balaban J connectivity index is 1.47. The van der Waals surface area contributed by atoms with Crippen molar-refractivity contribution in [2.75, 3.05) is 4.90 Å². The number of ether oxygens (including phenoxy) is 2. The van der Waals surface area contributed by atoms with E-state index in [1.165, 1.54) is 15.5 Å². The van der Waals surface area contributed by atoms with Crippen molar-refractivity contribution < 1.29 is 23.9 Å². The summed E-state index contributed by atoms with van der Waals surface area (Å²) in [5.74, 6) is 0.0434. The Morgan fingerprint density at radius 1 is 0.897 bits per heavy atom. The van der Waals surface area contributed by atoms with Crippen LogP contribution in [0, 0.1) is 0 Å². The molecule has 2 amide bonds. The van der Waals surface area contributed by atoms with Crippen molar-refractivity contribution in [2.24, 2.45) is 0 Å². The number of anilines is 1. The third-order valence-electron chi connectivity index (χ3n) is 5.81. The van der Waals surface area contributed by atoms with E-state index in [-0.39, 0.29) is 10.7 Å². The summed E-state index contributed by atoms with van der Waals surface area (Å²) in [4.78, 5) is 40.6. The average Bonchev–Trinajstić information content (AvgIpc) is 3.26. The lowest BCUT2D eigenvalue weighted by molar-refractivity contribution is -0.122. The molecular weight excluding hydrogens is 514 g/mol. The number of para-hydroxylation sites is 2. The van der Waals surface area contributed by atoms with E-state index in [9.17, 15) is 14.4 Å². The van der Waals surface area contributed by atoms with Gasteiger partial charge in [0, 0.05) is 17.1 Å². The summed E-state index contributed by atoms with van der Waals surface area (Å²) in [6.07, 6.45) is 2.45. The summed E-state index contributed by atoms with van der Waals surface area (Å²) >= 11 is 5.33. The highest BCUT2D eigenvalue weighted by Crippen LogP contribution is 2.29. The SMILES string of the molecule is CC(C)(C)OC(=O)n1cc(C=C2C(=O)NC(=S)N(c3ccc(Oc4ccccc4)cc3)C2=O)c2ccccc21. The molecule has 5 rings (SSSR count). The van der Waals surface area contributed by atoms with Crippen LogP contribution in [0.3, 0.4) is 0 Å². The molecule has 0 unspecified atom stereocenters. The number of hydrogen-bond donors (Lipinski definition) is 1. The van der Waals surface area contributed by atoms with Crippen LogP contribution < -0.4 is 15.0 Å².